The predicted molar refractivity (Wildman–Crippen MR) is 123 cm³/mol. The second-order valence-electron chi connectivity index (χ2n) is 10.5. The van der Waals surface area contributed by atoms with Gasteiger partial charge in [0, 0.05) is 30.4 Å². The minimum atomic E-state index is -0.520. The molecule has 1 amide bonds. The van der Waals surface area contributed by atoms with Crippen LogP contribution < -0.4 is 4.90 Å². The zero-order valence-corrected chi connectivity index (χ0v) is 19.7. The average molecular weight is 416 g/mol. The Hall–Kier alpha value is -1.62. The molecule has 1 aliphatic carbocycles. The van der Waals surface area contributed by atoms with E-state index >= 15 is 0 Å². The molecule has 0 radical (unpaired) electrons. The van der Waals surface area contributed by atoms with E-state index in [1.54, 1.807) is 0 Å². The van der Waals surface area contributed by atoms with E-state index in [2.05, 4.69) is 24.8 Å². The van der Waals surface area contributed by atoms with Crippen molar-refractivity contribution in [3.8, 4) is 0 Å². The molecule has 1 saturated heterocycles. The van der Waals surface area contributed by atoms with Gasteiger partial charge in [-0.3, -0.25) is 9.80 Å². The molecule has 1 aliphatic heterocycles. The maximum absolute atomic E-state index is 13.4. The van der Waals surface area contributed by atoms with Crippen molar-refractivity contribution in [3.63, 3.8) is 0 Å². The summed E-state index contributed by atoms with van der Waals surface area (Å²) < 4.78 is 5.87. The summed E-state index contributed by atoms with van der Waals surface area (Å²) in [5.41, 5.74) is 0.669. The summed E-state index contributed by atoms with van der Waals surface area (Å²) in [6, 6.07) is 4.70. The molecule has 1 aromatic heterocycles. The Bertz CT molecular complexity index is 692. The van der Waals surface area contributed by atoms with Crippen LogP contribution >= 0.6 is 0 Å². The van der Waals surface area contributed by atoms with Gasteiger partial charge in [-0.25, -0.2) is 9.78 Å². The van der Waals surface area contributed by atoms with Crippen molar-refractivity contribution >= 4 is 11.9 Å². The van der Waals surface area contributed by atoms with Crippen molar-refractivity contribution in [1.82, 2.24) is 9.88 Å². The molecule has 0 aromatic carbocycles. The Balaban J connectivity index is 1.98. The maximum atomic E-state index is 13.4. The van der Waals surface area contributed by atoms with E-state index < -0.39 is 5.60 Å². The smallest absolute Gasteiger partial charge is 0.416 e. The normalized spacial score (nSPS) is 21.6. The molecular formula is C25H41N3O2. The monoisotopic (exact) mass is 415 g/mol. The molecule has 0 spiro atoms. The molecule has 168 valence electrons. The number of piperidine rings is 1. The van der Waals surface area contributed by atoms with E-state index in [4.69, 9.17) is 9.72 Å². The van der Waals surface area contributed by atoms with Crippen molar-refractivity contribution in [2.45, 2.75) is 104 Å². The Labute approximate surface area is 183 Å². The number of anilines is 1. The summed E-state index contributed by atoms with van der Waals surface area (Å²) in [5.74, 6) is 1.44. The van der Waals surface area contributed by atoms with Gasteiger partial charge in [-0.15, -0.1) is 0 Å². The first-order chi connectivity index (χ1) is 14.3. The van der Waals surface area contributed by atoms with Crippen LogP contribution in [0.15, 0.2) is 18.3 Å². The van der Waals surface area contributed by atoms with Crippen molar-refractivity contribution in [2.75, 3.05) is 18.0 Å². The number of nitrogens with zero attached hydrogens (tertiary/aromatic N) is 3. The fourth-order valence-corrected chi connectivity index (χ4v) is 4.96. The second kappa shape index (κ2) is 10.1. The molecule has 1 aromatic rings. The highest BCUT2D eigenvalue weighted by Gasteiger charge is 2.35. The van der Waals surface area contributed by atoms with Gasteiger partial charge in [-0.05, 0) is 65.0 Å². The summed E-state index contributed by atoms with van der Waals surface area (Å²) in [6.45, 7) is 12.6. The van der Waals surface area contributed by atoms with Crippen molar-refractivity contribution in [3.05, 3.63) is 23.9 Å². The highest BCUT2D eigenvalue weighted by molar-refractivity contribution is 5.88. The van der Waals surface area contributed by atoms with Gasteiger partial charge in [-0.2, -0.15) is 0 Å². The predicted octanol–water partition coefficient (Wildman–Crippen LogP) is 6.34. The lowest BCUT2D eigenvalue weighted by Crippen LogP contribution is -2.46. The Morgan fingerprint density at radius 1 is 1.17 bits per heavy atom. The average Bonchev–Trinajstić information content (AvgIpc) is 2.68. The van der Waals surface area contributed by atoms with E-state index in [0.29, 0.717) is 12.0 Å². The molecule has 3 rings (SSSR count). The lowest BCUT2D eigenvalue weighted by Gasteiger charge is -2.40. The quantitative estimate of drug-likeness (QED) is 0.563. The first-order valence-electron chi connectivity index (χ1n) is 12.0. The largest absolute Gasteiger partial charge is 0.443 e. The summed E-state index contributed by atoms with van der Waals surface area (Å²) in [5, 5.41) is 0. The molecule has 0 unspecified atom stereocenters. The van der Waals surface area contributed by atoms with Gasteiger partial charge in [0.1, 0.15) is 11.4 Å². The van der Waals surface area contributed by atoms with Gasteiger partial charge >= 0.3 is 6.09 Å². The van der Waals surface area contributed by atoms with E-state index in [1.807, 2.05) is 37.9 Å². The van der Waals surface area contributed by atoms with Crippen molar-refractivity contribution in [1.29, 1.82) is 0 Å². The van der Waals surface area contributed by atoms with Crippen LogP contribution in [0.25, 0.3) is 0 Å². The molecule has 0 bridgehead atoms. The minimum Gasteiger partial charge on any atom is -0.443 e. The fraction of sp³-hybridized carbons (Fsp3) is 0.760. The summed E-state index contributed by atoms with van der Waals surface area (Å²) in [6.07, 6.45) is 10.8. The second-order valence-corrected chi connectivity index (χ2v) is 10.5. The van der Waals surface area contributed by atoms with Crippen molar-refractivity contribution < 1.29 is 9.53 Å². The van der Waals surface area contributed by atoms with Gasteiger partial charge in [0.15, 0.2) is 0 Å². The Morgan fingerprint density at radius 2 is 1.87 bits per heavy atom. The highest BCUT2D eigenvalue weighted by atomic mass is 16.6. The van der Waals surface area contributed by atoms with E-state index in [-0.39, 0.29) is 12.1 Å². The lowest BCUT2D eigenvalue weighted by atomic mass is 9.92. The number of hydrogen-bond donors (Lipinski definition) is 0. The van der Waals surface area contributed by atoms with Gasteiger partial charge in [-0.1, -0.05) is 45.6 Å². The van der Waals surface area contributed by atoms with Crippen LogP contribution in [0.5, 0.6) is 0 Å². The van der Waals surface area contributed by atoms with E-state index in [1.165, 1.54) is 24.8 Å². The fourth-order valence-electron chi connectivity index (χ4n) is 4.96. The third-order valence-corrected chi connectivity index (χ3v) is 6.15. The molecule has 2 aliphatic rings. The molecular weight excluding hydrogens is 374 g/mol. The summed E-state index contributed by atoms with van der Waals surface area (Å²) in [7, 11) is 0. The van der Waals surface area contributed by atoms with Crippen LogP contribution in [0, 0.1) is 5.92 Å². The van der Waals surface area contributed by atoms with Crippen LogP contribution in [0.2, 0.25) is 0 Å². The van der Waals surface area contributed by atoms with Gasteiger partial charge in [0.05, 0.1) is 0 Å². The first-order valence-corrected chi connectivity index (χ1v) is 12.0. The summed E-state index contributed by atoms with van der Waals surface area (Å²) >= 11 is 0. The molecule has 5 nitrogen and oxygen atoms in total. The van der Waals surface area contributed by atoms with Crippen LogP contribution in [0.4, 0.5) is 10.6 Å². The van der Waals surface area contributed by atoms with Gasteiger partial charge in [0.2, 0.25) is 0 Å². The zero-order chi connectivity index (χ0) is 21.7. The molecule has 2 fully saturated rings. The number of pyridine rings is 1. The maximum Gasteiger partial charge on any atom is 0.416 e. The van der Waals surface area contributed by atoms with Crippen molar-refractivity contribution in [2.24, 2.45) is 5.92 Å². The molecule has 1 saturated carbocycles. The molecule has 0 N–H and O–H groups in total. The number of hydrogen-bond acceptors (Lipinski definition) is 4. The number of likely N-dealkylation sites (tertiary alicyclic amines) is 1. The zero-order valence-electron chi connectivity index (χ0n) is 19.7. The molecule has 5 heteroatoms. The van der Waals surface area contributed by atoms with Crippen LogP contribution in [-0.2, 0) is 4.74 Å². The van der Waals surface area contributed by atoms with Crippen LogP contribution in [-0.4, -0.2) is 40.7 Å². The number of carbonyl (C=O) groups excluding carboxylic acids is 1. The molecule has 2 heterocycles. The number of rotatable bonds is 5. The minimum absolute atomic E-state index is 0.171. The Kier molecular flexibility index (Phi) is 7.78. The highest BCUT2D eigenvalue weighted by Crippen LogP contribution is 2.38. The van der Waals surface area contributed by atoms with E-state index in [0.717, 1.165) is 51.0 Å². The molecule has 30 heavy (non-hydrogen) atoms. The van der Waals surface area contributed by atoms with Crippen LogP contribution in [0.3, 0.4) is 0 Å². The SMILES string of the molecule is CC(C)CN1CCCC[C@H]1c1cccnc1N(C(=O)OC(C)(C)C)C1CCCCC1. The standard InChI is InChI=1S/C25H41N3O2/c1-19(2)18-27-17-10-9-15-22(27)21-14-11-16-26-23(21)28(20-12-7-6-8-13-20)24(29)30-25(3,4)5/h11,14,16,19-20,22H,6-10,12-13,15,17-18H2,1-5H3/t22-/m0/s1. The summed E-state index contributed by atoms with van der Waals surface area (Å²) in [4.78, 5) is 22.7. The lowest BCUT2D eigenvalue weighted by molar-refractivity contribution is 0.0554. The van der Waals surface area contributed by atoms with Crippen LogP contribution in [0.1, 0.15) is 97.6 Å². The number of amides is 1. The first kappa shape index (κ1) is 23.1. The van der Waals surface area contributed by atoms with Gasteiger partial charge < -0.3 is 4.74 Å². The number of carbonyl (C=O) groups is 1. The topological polar surface area (TPSA) is 45.7 Å². The molecule has 1 atom stereocenters. The number of ether oxygens (including phenoxy) is 1. The van der Waals surface area contributed by atoms with E-state index in [9.17, 15) is 4.79 Å². The number of aromatic nitrogens is 1. The van der Waals surface area contributed by atoms with Gasteiger partial charge in [0.25, 0.3) is 0 Å². The third kappa shape index (κ3) is 5.96. The Morgan fingerprint density at radius 3 is 2.53 bits per heavy atom. The third-order valence-electron chi connectivity index (χ3n) is 6.15.